The molecule has 0 saturated heterocycles. The van der Waals surface area contributed by atoms with Crippen LogP contribution in [0.25, 0.3) is 0 Å². The Labute approximate surface area is 499 Å². The fourth-order valence-electron chi connectivity index (χ4n) is 8.64. The molecular formula is C75H120O6. The van der Waals surface area contributed by atoms with E-state index in [-0.39, 0.29) is 37.5 Å². The SMILES string of the molecule is CC/C=C\C/C=C\C/C=C\C/C=C\C/C=C\C/C=C\C/C=C\CCCCCCCCCC(=O)OCC(COC(=O)CC/C=C\C/C=C\C/C=C\C/C=C\CC)OC(=O)CCCCCCCCCCC/C=C\C/C=C\CCCCCCC. The van der Waals surface area contributed by atoms with Crippen molar-refractivity contribution in [1.82, 2.24) is 0 Å². The molecule has 0 saturated carbocycles. The number of hydrogen-bond acceptors (Lipinski definition) is 6. The molecule has 0 N–H and O–H groups in total. The van der Waals surface area contributed by atoms with E-state index in [0.29, 0.717) is 19.3 Å². The smallest absolute Gasteiger partial charge is 0.306 e. The number of ether oxygens (including phenoxy) is 3. The monoisotopic (exact) mass is 1120 g/mol. The summed E-state index contributed by atoms with van der Waals surface area (Å²) in [4.78, 5) is 38.3. The van der Waals surface area contributed by atoms with Crippen LogP contribution in [-0.4, -0.2) is 37.2 Å². The first-order valence-electron chi connectivity index (χ1n) is 33.0. The van der Waals surface area contributed by atoms with E-state index in [4.69, 9.17) is 14.2 Å². The summed E-state index contributed by atoms with van der Waals surface area (Å²) < 4.78 is 16.8. The van der Waals surface area contributed by atoms with Crippen LogP contribution in [0.4, 0.5) is 0 Å². The molecule has 0 aliphatic carbocycles. The molecule has 81 heavy (non-hydrogen) atoms. The van der Waals surface area contributed by atoms with E-state index in [0.717, 1.165) is 122 Å². The van der Waals surface area contributed by atoms with Crippen LogP contribution in [0.15, 0.2) is 158 Å². The predicted molar refractivity (Wildman–Crippen MR) is 352 cm³/mol. The molecule has 6 heteroatoms. The lowest BCUT2D eigenvalue weighted by molar-refractivity contribution is -0.166. The summed E-state index contributed by atoms with van der Waals surface area (Å²) in [6.45, 7) is 6.33. The molecule has 0 aliphatic heterocycles. The maximum absolute atomic E-state index is 12.9. The van der Waals surface area contributed by atoms with Gasteiger partial charge in [-0.2, -0.15) is 0 Å². The van der Waals surface area contributed by atoms with E-state index in [1.807, 2.05) is 6.08 Å². The van der Waals surface area contributed by atoms with Gasteiger partial charge in [-0.3, -0.25) is 14.4 Å². The van der Waals surface area contributed by atoms with Gasteiger partial charge in [-0.05, 0) is 135 Å². The molecule has 0 bridgehead atoms. The molecule has 0 spiro atoms. The molecule has 0 aromatic heterocycles. The van der Waals surface area contributed by atoms with Gasteiger partial charge in [0.05, 0.1) is 0 Å². The molecule has 0 aromatic rings. The standard InChI is InChI=1S/C75H120O6/c1-4-7-10-13-16-19-22-25-27-29-31-33-34-35-36-37-38-39-40-42-43-45-47-50-53-56-59-62-65-68-74(77)80-71-72(70-79-73(76)67-64-61-58-55-52-49-24-21-18-15-12-9-6-3)81-75(78)69-66-63-60-57-54-51-48-46-44-41-32-30-28-26-23-20-17-14-11-8-5-2/h7,9-10,12,16,18-19,21,23,25-27,30-33,35-36,38-39,42-43,49,52,58,61,72H,4-6,8,11,13-15,17,20,22,24,28-29,34,37,40-41,44-48,50-51,53-57,59-60,62-71H2,1-3H3/b10-7-,12-9-,19-16-,21-18-,26-23-,27-25-,32-30-,33-31-,36-35-,39-38-,43-42-,52-49-,61-58-. The number of hydrogen-bond donors (Lipinski definition) is 0. The Morgan fingerprint density at radius 3 is 0.827 bits per heavy atom. The highest BCUT2D eigenvalue weighted by molar-refractivity contribution is 5.71. The van der Waals surface area contributed by atoms with Gasteiger partial charge in [0.15, 0.2) is 6.10 Å². The summed E-state index contributed by atoms with van der Waals surface area (Å²) in [5.41, 5.74) is 0. The van der Waals surface area contributed by atoms with Crippen molar-refractivity contribution < 1.29 is 28.6 Å². The third kappa shape index (κ3) is 65.7. The first-order valence-corrected chi connectivity index (χ1v) is 33.0. The fraction of sp³-hybridized carbons (Fsp3) is 0.613. The van der Waals surface area contributed by atoms with Crippen molar-refractivity contribution in [3.63, 3.8) is 0 Å². The van der Waals surface area contributed by atoms with Crippen molar-refractivity contribution >= 4 is 17.9 Å². The second kappa shape index (κ2) is 67.5. The lowest BCUT2D eigenvalue weighted by Gasteiger charge is -2.18. The first-order chi connectivity index (χ1) is 40.0. The molecule has 1 atom stereocenters. The van der Waals surface area contributed by atoms with Crippen LogP contribution in [-0.2, 0) is 28.6 Å². The Bertz CT molecular complexity index is 1810. The first kappa shape index (κ1) is 76.0. The topological polar surface area (TPSA) is 78.9 Å². The lowest BCUT2D eigenvalue weighted by Crippen LogP contribution is -2.30. The number of carbonyl (C=O) groups is 3. The normalized spacial score (nSPS) is 13.2. The molecule has 0 heterocycles. The second-order valence-corrected chi connectivity index (χ2v) is 21.3. The molecule has 0 aliphatic rings. The van der Waals surface area contributed by atoms with Crippen molar-refractivity contribution in [3.05, 3.63) is 158 Å². The summed E-state index contributed by atoms with van der Waals surface area (Å²) in [7, 11) is 0. The van der Waals surface area contributed by atoms with Crippen LogP contribution in [0.5, 0.6) is 0 Å². The van der Waals surface area contributed by atoms with Crippen LogP contribution in [0.3, 0.4) is 0 Å². The van der Waals surface area contributed by atoms with Gasteiger partial charge < -0.3 is 14.2 Å². The van der Waals surface area contributed by atoms with Crippen molar-refractivity contribution in [2.45, 2.75) is 284 Å². The number of carbonyl (C=O) groups excluding carboxylic acids is 3. The molecule has 0 fully saturated rings. The molecule has 0 amide bonds. The van der Waals surface area contributed by atoms with Gasteiger partial charge in [0.2, 0.25) is 0 Å². The summed E-state index contributed by atoms with van der Waals surface area (Å²) in [5.74, 6) is -1.01. The number of allylic oxidation sites excluding steroid dienone is 26. The van der Waals surface area contributed by atoms with Crippen LogP contribution in [0, 0.1) is 0 Å². The molecule has 456 valence electrons. The fourth-order valence-corrected chi connectivity index (χ4v) is 8.64. The Balaban J connectivity index is 4.40. The Morgan fingerprint density at radius 1 is 0.259 bits per heavy atom. The largest absolute Gasteiger partial charge is 0.462 e. The molecule has 6 nitrogen and oxygen atoms in total. The van der Waals surface area contributed by atoms with E-state index >= 15 is 0 Å². The Hall–Kier alpha value is -4.97. The third-order valence-electron chi connectivity index (χ3n) is 13.5. The van der Waals surface area contributed by atoms with Gasteiger partial charge in [-0.25, -0.2) is 0 Å². The highest BCUT2D eigenvalue weighted by atomic mass is 16.6. The molecular weight excluding hydrogens is 997 g/mol. The number of unbranched alkanes of at least 4 members (excludes halogenated alkanes) is 21. The maximum Gasteiger partial charge on any atom is 0.306 e. The zero-order valence-corrected chi connectivity index (χ0v) is 52.2. The lowest BCUT2D eigenvalue weighted by atomic mass is 10.1. The van der Waals surface area contributed by atoms with E-state index in [1.165, 1.54) is 109 Å². The van der Waals surface area contributed by atoms with Crippen LogP contribution < -0.4 is 0 Å². The van der Waals surface area contributed by atoms with E-state index in [1.54, 1.807) is 0 Å². The van der Waals surface area contributed by atoms with Crippen LogP contribution >= 0.6 is 0 Å². The van der Waals surface area contributed by atoms with Crippen molar-refractivity contribution in [3.8, 4) is 0 Å². The van der Waals surface area contributed by atoms with Gasteiger partial charge in [0.1, 0.15) is 13.2 Å². The average molecular weight is 1120 g/mol. The van der Waals surface area contributed by atoms with Crippen molar-refractivity contribution in [1.29, 1.82) is 0 Å². The van der Waals surface area contributed by atoms with Gasteiger partial charge in [-0.1, -0.05) is 281 Å². The van der Waals surface area contributed by atoms with Crippen molar-refractivity contribution in [2.24, 2.45) is 0 Å². The molecule has 1 unspecified atom stereocenters. The van der Waals surface area contributed by atoms with Crippen LogP contribution in [0.2, 0.25) is 0 Å². The third-order valence-corrected chi connectivity index (χ3v) is 13.5. The second-order valence-electron chi connectivity index (χ2n) is 21.3. The van der Waals surface area contributed by atoms with E-state index in [9.17, 15) is 14.4 Å². The Morgan fingerprint density at radius 2 is 0.506 bits per heavy atom. The summed E-state index contributed by atoms with van der Waals surface area (Å²) >= 11 is 0. The summed E-state index contributed by atoms with van der Waals surface area (Å²) in [6.07, 6.45) is 98.4. The highest BCUT2D eigenvalue weighted by Gasteiger charge is 2.19. The van der Waals surface area contributed by atoms with Crippen molar-refractivity contribution in [2.75, 3.05) is 13.2 Å². The number of esters is 3. The average Bonchev–Trinajstić information content (AvgIpc) is 3.46. The summed E-state index contributed by atoms with van der Waals surface area (Å²) in [6, 6.07) is 0. The predicted octanol–water partition coefficient (Wildman–Crippen LogP) is 22.9. The zero-order valence-electron chi connectivity index (χ0n) is 52.2. The minimum Gasteiger partial charge on any atom is -0.462 e. The highest BCUT2D eigenvalue weighted by Crippen LogP contribution is 2.15. The number of rotatable bonds is 58. The van der Waals surface area contributed by atoms with Gasteiger partial charge >= 0.3 is 17.9 Å². The van der Waals surface area contributed by atoms with E-state index < -0.39 is 6.10 Å². The van der Waals surface area contributed by atoms with Gasteiger partial charge in [-0.15, -0.1) is 0 Å². The maximum atomic E-state index is 12.9. The van der Waals surface area contributed by atoms with E-state index in [2.05, 4.69) is 173 Å². The zero-order chi connectivity index (χ0) is 58.5. The Kier molecular flexibility index (Phi) is 63.4. The minimum absolute atomic E-state index is 0.114. The quantitative estimate of drug-likeness (QED) is 0.0261. The molecule has 0 aromatic carbocycles. The minimum atomic E-state index is -0.823. The van der Waals surface area contributed by atoms with Gasteiger partial charge in [0, 0.05) is 19.3 Å². The van der Waals surface area contributed by atoms with Gasteiger partial charge in [0.25, 0.3) is 0 Å². The summed E-state index contributed by atoms with van der Waals surface area (Å²) in [5, 5.41) is 0. The molecule has 0 radical (unpaired) electrons. The van der Waals surface area contributed by atoms with Crippen LogP contribution in [0.1, 0.15) is 278 Å². The molecule has 0 rings (SSSR count).